The van der Waals surface area contributed by atoms with Gasteiger partial charge < -0.3 is 5.32 Å². The monoisotopic (exact) mass is 385 g/mol. The van der Waals surface area contributed by atoms with Gasteiger partial charge in [-0.3, -0.25) is 4.79 Å². The molecule has 5 heteroatoms. The fourth-order valence-electron chi connectivity index (χ4n) is 1.34. The van der Waals surface area contributed by atoms with Gasteiger partial charge in [-0.2, -0.15) is 0 Å². The summed E-state index contributed by atoms with van der Waals surface area (Å²) in [6, 6.07) is 5.27. The zero-order valence-electron chi connectivity index (χ0n) is 9.69. The van der Waals surface area contributed by atoms with E-state index in [1.165, 1.54) is 0 Å². The van der Waals surface area contributed by atoms with Crippen molar-refractivity contribution in [3.8, 4) is 0 Å². The summed E-state index contributed by atoms with van der Waals surface area (Å²) in [5.41, 5.74) is 0.283. The molecule has 0 heterocycles. The Morgan fingerprint density at radius 1 is 1.47 bits per heavy atom. The van der Waals surface area contributed by atoms with E-state index in [0.29, 0.717) is 16.5 Å². The number of halogens is 3. The van der Waals surface area contributed by atoms with E-state index in [1.54, 1.807) is 12.1 Å². The van der Waals surface area contributed by atoms with Crippen molar-refractivity contribution in [3.63, 3.8) is 0 Å². The molecule has 0 saturated carbocycles. The zero-order chi connectivity index (χ0) is 13.1. The Bertz CT molecular complexity index is 421. The molecule has 17 heavy (non-hydrogen) atoms. The smallest absolute Gasteiger partial charge is 0.252 e. The lowest BCUT2D eigenvalue weighted by Crippen LogP contribution is -2.43. The lowest BCUT2D eigenvalue weighted by Gasteiger charge is -2.25. The molecule has 0 aliphatic carbocycles. The van der Waals surface area contributed by atoms with Crippen molar-refractivity contribution in [1.29, 1.82) is 0 Å². The van der Waals surface area contributed by atoms with Crippen molar-refractivity contribution in [2.75, 3.05) is 5.88 Å². The van der Waals surface area contributed by atoms with E-state index in [-0.39, 0.29) is 11.4 Å². The summed E-state index contributed by atoms with van der Waals surface area (Å²) in [6.07, 6.45) is 0.720. The molecule has 0 spiro atoms. The van der Waals surface area contributed by atoms with Crippen LogP contribution in [0.25, 0.3) is 0 Å². The first-order chi connectivity index (χ1) is 7.85. The summed E-state index contributed by atoms with van der Waals surface area (Å²) >= 11 is 13.7. The lowest BCUT2D eigenvalue weighted by molar-refractivity contribution is 0.0910. The minimum Gasteiger partial charge on any atom is -0.347 e. The van der Waals surface area contributed by atoms with Gasteiger partial charge in [0.15, 0.2) is 0 Å². The van der Waals surface area contributed by atoms with Gasteiger partial charge in [-0.25, -0.2) is 0 Å². The molecule has 0 radical (unpaired) electrons. The third-order valence-corrected chi connectivity index (χ3v) is 3.71. The first-order valence-corrected chi connectivity index (χ1v) is 7.18. The minimum atomic E-state index is -0.315. The quantitative estimate of drug-likeness (QED) is 0.614. The van der Waals surface area contributed by atoms with Gasteiger partial charge in [-0.15, -0.1) is 11.6 Å². The van der Waals surface area contributed by atoms with Crippen LogP contribution in [0.3, 0.4) is 0 Å². The average molecular weight is 386 g/mol. The summed E-state index contributed by atoms with van der Waals surface area (Å²) < 4.78 is 0.881. The Morgan fingerprint density at radius 2 is 2.12 bits per heavy atom. The Hall–Kier alpha value is -0.000000000000000111. The predicted molar refractivity (Wildman–Crippen MR) is 81.1 cm³/mol. The van der Waals surface area contributed by atoms with E-state index < -0.39 is 0 Å². The summed E-state index contributed by atoms with van der Waals surface area (Å²) in [4.78, 5) is 12.1. The fourth-order valence-corrected chi connectivity index (χ4v) is 2.57. The molecule has 1 rings (SSSR count). The minimum absolute atomic E-state index is 0.119. The Balaban J connectivity index is 2.86. The number of carbonyl (C=O) groups is 1. The number of benzene rings is 1. The normalized spacial score (nSPS) is 11.4. The van der Waals surface area contributed by atoms with Gasteiger partial charge in [0.2, 0.25) is 0 Å². The zero-order valence-corrected chi connectivity index (χ0v) is 13.4. The van der Waals surface area contributed by atoms with E-state index in [0.717, 1.165) is 9.99 Å². The van der Waals surface area contributed by atoms with Crippen LogP contribution >= 0.6 is 45.8 Å². The van der Waals surface area contributed by atoms with Gasteiger partial charge >= 0.3 is 0 Å². The molecule has 0 unspecified atom stereocenters. The van der Waals surface area contributed by atoms with E-state index >= 15 is 0 Å². The van der Waals surface area contributed by atoms with Crippen molar-refractivity contribution in [2.24, 2.45) is 0 Å². The standard InChI is InChI=1S/C12H14Cl2INO/c1-12(2,5-6-13)16-11(17)9-7-8(14)3-4-10(9)15/h3-4,7H,5-6H2,1-2H3,(H,16,17). The number of rotatable bonds is 4. The number of hydrogen-bond acceptors (Lipinski definition) is 1. The van der Waals surface area contributed by atoms with Gasteiger partial charge in [0, 0.05) is 20.0 Å². The topological polar surface area (TPSA) is 29.1 Å². The highest BCUT2D eigenvalue weighted by Gasteiger charge is 2.21. The summed E-state index contributed by atoms with van der Waals surface area (Å²) in [5.74, 6) is 0.395. The van der Waals surface area contributed by atoms with Crippen molar-refractivity contribution >= 4 is 51.7 Å². The van der Waals surface area contributed by atoms with Gasteiger partial charge in [0.25, 0.3) is 5.91 Å². The SMILES string of the molecule is CC(C)(CCCl)NC(=O)c1cc(Cl)ccc1I. The largest absolute Gasteiger partial charge is 0.347 e. The third kappa shape index (κ3) is 4.64. The summed E-state index contributed by atoms with van der Waals surface area (Å²) in [5, 5.41) is 3.52. The van der Waals surface area contributed by atoms with Gasteiger partial charge in [-0.1, -0.05) is 11.6 Å². The van der Waals surface area contributed by atoms with Crippen molar-refractivity contribution in [1.82, 2.24) is 5.32 Å². The van der Waals surface area contributed by atoms with E-state index in [1.807, 2.05) is 19.9 Å². The van der Waals surface area contributed by atoms with Crippen LogP contribution < -0.4 is 5.32 Å². The van der Waals surface area contributed by atoms with Crippen LogP contribution in [0.2, 0.25) is 5.02 Å². The number of amides is 1. The van der Waals surface area contributed by atoms with Crippen molar-refractivity contribution < 1.29 is 4.79 Å². The van der Waals surface area contributed by atoms with Crippen LogP contribution in [0.15, 0.2) is 18.2 Å². The first kappa shape index (κ1) is 15.1. The lowest BCUT2D eigenvalue weighted by atomic mass is 10.0. The fraction of sp³-hybridized carbons (Fsp3) is 0.417. The van der Waals surface area contributed by atoms with Crippen molar-refractivity contribution in [2.45, 2.75) is 25.8 Å². The predicted octanol–water partition coefficient (Wildman–Crippen LogP) is 4.08. The molecule has 0 bridgehead atoms. The molecule has 1 amide bonds. The average Bonchev–Trinajstić information content (AvgIpc) is 2.20. The summed E-state index contributed by atoms with van der Waals surface area (Å²) in [6.45, 7) is 3.90. The Kier molecular flexibility index (Phi) is 5.54. The Morgan fingerprint density at radius 3 is 2.71 bits per heavy atom. The van der Waals surface area contributed by atoms with Gasteiger partial charge in [0.05, 0.1) is 5.56 Å². The number of hydrogen-bond donors (Lipinski definition) is 1. The van der Waals surface area contributed by atoms with Crippen LogP contribution in [-0.2, 0) is 0 Å². The molecule has 2 nitrogen and oxygen atoms in total. The van der Waals surface area contributed by atoms with Crippen LogP contribution in [0, 0.1) is 3.57 Å². The second-order valence-electron chi connectivity index (χ2n) is 4.40. The first-order valence-electron chi connectivity index (χ1n) is 5.19. The van der Waals surface area contributed by atoms with Crippen LogP contribution in [0.5, 0.6) is 0 Å². The molecule has 1 aromatic rings. The molecule has 0 fully saturated rings. The van der Waals surface area contributed by atoms with Crippen LogP contribution in [0.4, 0.5) is 0 Å². The molecule has 94 valence electrons. The highest BCUT2D eigenvalue weighted by Crippen LogP contribution is 2.19. The van der Waals surface area contributed by atoms with Crippen LogP contribution in [0.1, 0.15) is 30.6 Å². The molecule has 0 atom stereocenters. The molecule has 0 saturated heterocycles. The maximum absolute atomic E-state index is 12.1. The molecule has 0 aliphatic heterocycles. The number of carbonyl (C=O) groups excluding carboxylic acids is 1. The van der Waals surface area contributed by atoms with Crippen molar-refractivity contribution in [3.05, 3.63) is 32.4 Å². The summed E-state index contributed by atoms with van der Waals surface area (Å²) in [7, 11) is 0. The van der Waals surface area contributed by atoms with Gasteiger partial charge in [-0.05, 0) is 61.1 Å². The third-order valence-electron chi connectivity index (χ3n) is 2.34. The van der Waals surface area contributed by atoms with E-state index in [4.69, 9.17) is 23.2 Å². The molecular formula is C12H14Cl2INO. The van der Waals surface area contributed by atoms with Crippen LogP contribution in [-0.4, -0.2) is 17.3 Å². The highest BCUT2D eigenvalue weighted by molar-refractivity contribution is 14.1. The maximum atomic E-state index is 12.1. The van der Waals surface area contributed by atoms with Gasteiger partial charge in [0.1, 0.15) is 0 Å². The Labute approximate surface area is 125 Å². The van der Waals surface area contributed by atoms with E-state index in [9.17, 15) is 4.79 Å². The maximum Gasteiger partial charge on any atom is 0.252 e. The number of alkyl halides is 1. The van der Waals surface area contributed by atoms with E-state index in [2.05, 4.69) is 27.9 Å². The second-order valence-corrected chi connectivity index (χ2v) is 6.38. The molecule has 0 aliphatic rings. The highest BCUT2D eigenvalue weighted by atomic mass is 127. The molecule has 0 aromatic heterocycles. The second kappa shape index (κ2) is 6.25. The molecular weight excluding hydrogens is 372 g/mol. The molecule has 1 aromatic carbocycles. The molecule has 1 N–H and O–H groups in total. The number of nitrogens with one attached hydrogen (secondary N) is 1.